The van der Waals surface area contributed by atoms with Crippen LogP contribution in [-0.4, -0.2) is 21.9 Å². The molecule has 3 aromatic carbocycles. The summed E-state index contributed by atoms with van der Waals surface area (Å²) in [6, 6.07) is 14.5. The van der Waals surface area contributed by atoms with Crippen molar-refractivity contribution in [3.8, 4) is 11.5 Å². The monoisotopic (exact) mass is 596 g/mol. The minimum absolute atomic E-state index is 0.269. The standard InChI is InChI=1S/C27H46O.C14H10O2/c1-19(18-28)8-7-9-20(2)23-13-14-24-22-12-11-21-10-5-6-16-26(21,3)25(22)15-17-27(23,24)4;15-13-3-1-9-5-12-8-14(16)4-2-10(12)6-11(9)7-13/h11,19-20,22-25,28H,5-10,12-18H2,1-4H3;1-8,15-16H/t19?,20-,22+,23-,24+,25+,26+,27-;/m1./s1. The van der Waals surface area contributed by atoms with Crippen LogP contribution in [-0.2, 0) is 0 Å². The lowest BCUT2D eigenvalue weighted by Crippen LogP contribution is -2.50. The van der Waals surface area contributed by atoms with Gasteiger partial charge in [-0.05, 0) is 162 Å². The molecule has 238 valence electrons. The van der Waals surface area contributed by atoms with E-state index in [0.29, 0.717) is 23.4 Å². The fourth-order valence-electron chi connectivity index (χ4n) is 10.7. The Morgan fingerprint density at radius 3 is 2.11 bits per heavy atom. The molecule has 0 bridgehead atoms. The molecule has 0 spiro atoms. The van der Waals surface area contributed by atoms with Crippen LogP contribution in [0.25, 0.3) is 21.5 Å². The van der Waals surface area contributed by atoms with Crippen molar-refractivity contribution in [1.29, 1.82) is 0 Å². The van der Waals surface area contributed by atoms with Crippen LogP contribution in [0.3, 0.4) is 0 Å². The average Bonchev–Trinajstić information content (AvgIpc) is 3.37. The summed E-state index contributed by atoms with van der Waals surface area (Å²) in [7, 11) is 0. The van der Waals surface area contributed by atoms with Crippen molar-refractivity contribution >= 4 is 21.5 Å². The first-order chi connectivity index (χ1) is 21.1. The van der Waals surface area contributed by atoms with Crippen LogP contribution in [0.1, 0.15) is 105 Å². The summed E-state index contributed by atoms with van der Waals surface area (Å²) in [5.41, 5.74) is 3.00. The molecular weight excluding hydrogens is 540 g/mol. The molecule has 0 radical (unpaired) electrons. The van der Waals surface area contributed by atoms with Gasteiger partial charge in [-0.1, -0.05) is 70.7 Å². The SMILES string of the molecule is CC(CO)CCC[C@@H](C)[C@H]1CC[C@H]2[C@@H]3CC=C4CCCC[C@]4(C)[C@H]3CC[C@]12C.Oc1ccc2cc3cc(O)ccc3cc2c1. The van der Waals surface area contributed by atoms with Gasteiger partial charge < -0.3 is 15.3 Å². The Morgan fingerprint density at radius 1 is 0.773 bits per heavy atom. The van der Waals surface area contributed by atoms with Gasteiger partial charge in [-0.15, -0.1) is 0 Å². The molecule has 8 atom stereocenters. The molecule has 3 fully saturated rings. The number of allylic oxidation sites excluding steroid dienone is 2. The second kappa shape index (κ2) is 12.7. The number of aliphatic hydroxyl groups excluding tert-OH is 1. The highest BCUT2D eigenvalue weighted by Gasteiger charge is 2.58. The van der Waals surface area contributed by atoms with Gasteiger partial charge in [0.25, 0.3) is 0 Å². The molecule has 4 aliphatic rings. The smallest absolute Gasteiger partial charge is 0.116 e. The van der Waals surface area contributed by atoms with Crippen molar-refractivity contribution in [3.63, 3.8) is 0 Å². The summed E-state index contributed by atoms with van der Waals surface area (Å²) >= 11 is 0. The second-order valence-corrected chi connectivity index (χ2v) is 15.8. The van der Waals surface area contributed by atoms with Gasteiger partial charge in [0.2, 0.25) is 0 Å². The maximum atomic E-state index is 9.41. The lowest BCUT2D eigenvalue weighted by Gasteiger charge is -2.58. The van der Waals surface area contributed by atoms with Crippen molar-refractivity contribution < 1.29 is 15.3 Å². The van der Waals surface area contributed by atoms with Gasteiger partial charge in [0.15, 0.2) is 0 Å². The van der Waals surface area contributed by atoms with Crippen LogP contribution in [0.2, 0.25) is 0 Å². The highest BCUT2D eigenvalue weighted by molar-refractivity contribution is 5.99. The largest absolute Gasteiger partial charge is 0.508 e. The van der Waals surface area contributed by atoms with E-state index in [0.717, 1.165) is 51.1 Å². The summed E-state index contributed by atoms with van der Waals surface area (Å²) in [5.74, 6) is 5.74. The predicted molar refractivity (Wildman–Crippen MR) is 184 cm³/mol. The third-order valence-corrected chi connectivity index (χ3v) is 13.2. The van der Waals surface area contributed by atoms with Crippen molar-refractivity contribution in [2.45, 2.75) is 105 Å². The number of phenolic OH excluding ortho intramolecular Hbond substituents is 2. The van der Waals surface area contributed by atoms with Gasteiger partial charge >= 0.3 is 0 Å². The highest BCUT2D eigenvalue weighted by atomic mass is 16.3. The Labute approximate surface area is 265 Å². The van der Waals surface area contributed by atoms with E-state index in [4.69, 9.17) is 0 Å². The van der Waals surface area contributed by atoms with E-state index >= 15 is 0 Å². The molecule has 0 aliphatic heterocycles. The zero-order chi connectivity index (χ0) is 31.1. The fourth-order valence-corrected chi connectivity index (χ4v) is 10.7. The lowest BCUT2D eigenvalue weighted by atomic mass is 9.47. The first kappa shape index (κ1) is 31.5. The maximum Gasteiger partial charge on any atom is 0.116 e. The molecule has 0 amide bonds. The first-order valence-electron chi connectivity index (χ1n) is 17.8. The number of fused-ring (bicyclic) bond motifs is 7. The van der Waals surface area contributed by atoms with Crippen LogP contribution in [0.5, 0.6) is 11.5 Å². The molecule has 0 saturated heterocycles. The molecule has 3 nitrogen and oxygen atoms in total. The molecule has 44 heavy (non-hydrogen) atoms. The summed E-state index contributed by atoms with van der Waals surface area (Å²) in [4.78, 5) is 0. The number of aromatic hydroxyl groups is 2. The van der Waals surface area contributed by atoms with Crippen LogP contribution in [0.15, 0.2) is 60.2 Å². The maximum absolute atomic E-state index is 9.41. The van der Waals surface area contributed by atoms with Crippen LogP contribution in [0, 0.1) is 46.3 Å². The number of hydrogen-bond donors (Lipinski definition) is 3. The van der Waals surface area contributed by atoms with Crippen LogP contribution >= 0.6 is 0 Å². The van der Waals surface area contributed by atoms with E-state index in [2.05, 4.69) is 33.8 Å². The van der Waals surface area contributed by atoms with E-state index < -0.39 is 0 Å². The minimum atomic E-state index is 0.269. The molecule has 3 N–H and O–H groups in total. The summed E-state index contributed by atoms with van der Waals surface area (Å²) < 4.78 is 0. The van der Waals surface area contributed by atoms with Gasteiger partial charge in [-0.2, -0.15) is 0 Å². The molecular formula is C41H56O3. The molecule has 0 heterocycles. The fraction of sp³-hybridized carbons (Fsp3) is 0.610. The zero-order valence-corrected chi connectivity index (χ0v) is 27.7. The molecule has 1 unspecified atom stereocenters. The molecule has 3 saturated carbocycles. The first-order valence-corrected chi connectivity index (χ1v) is 17.8. The molecule has 7 rings (SSSR count). The molecule has 3 heteroatoms. The van der Waals surface area contributed by atoms with Gasteiger partial charge in [0, 0.05) is 6.61 Å². The number of rotatable bonds is 6. The van der Waals surface area contributed by atoms with Gasteiger partial charge in [-0.25, -0.2) is 0 Å². The Balaban J connectivity index is 0.000000181. The molecule has 3 aromatic rings. The van der Waals surface area contributed by atoms with Gasteiger partial charge in [-0.3, -0.25) is 0 Å². The third-order valence-electron chi connectivity index (χ3n) is 13.2. The van der Waals surface area contributed by atoms with E-state index in [-0.39, 0.29) is 11.5 Å². The van der Waals surface area contributed by atoms with E-state index in [1.165, 1.54) is 77.0 Å². The summed E-state index contributed by atoms with van der Waals surface area (Å²) in [5, 5.41) is 32.2. The molecule has 4 aliphatic carbocycles. The van der Waals surface area contributed by atoms with Gasteiger partial charge in [0.05, 0.1) is 0 Å². The van der Waals surface area contributed by atoms with Crippen molar-refractivity contribution in [3.05, 3.63) is 60.2 Å². The Hall–Kier alpha value is -2.52. The van der Waals surface area contributed by atoms with Crippen LogP contribution in [0.4, 0.5) is 0 Å². The quantitative estimate of drug-likeness (QED) is 0.196. The second-order valence-electron chi connectivity index (χ2n) is 15.8. The third kappa shape index (κ3) is 5.91. The van der Waals surface area contributed by atoms with Crippen molar-refractivity contribution in [2.75, 3.05) is 6.61 Å². The number of hydrogen-bond acceptors (Lipinski definition) is 3. The Kier molecular flexibility index (Phi) is 9.08. The van der Waals surface area contributed by atoms with Crippen molar-refractivity contribution in [1.82, 2.24) is 0 Å². The summed E-state index contributed by atoms with van der Waals surface area (Å²) in [6.07, 6.45) is 19.7. The average molecular weight is 597 g/mol. The Morgan fingerprint density at radius 2 is 1.45 bits per heavy atom. The van der Waals surface area contributed by atoms with E-state index in [1.807, 2.05) is 29.8 Å². The van der Waals surface area contributed by atoms with E-state index in [9.17, 15) is 15.3 Å². The Bertz CT molecular complexity index is 1430. The highest BCUT2D eigenvalue weighted by Crippen LogP contribution is 2.67. The van der Waals surface area contributed by atoms with E-state index in [1.54, 1.807) is 24.3 Å². The zero-order valence-electron chi connectivity index (χ0n) is 27.7. The summed E-state index contributed by atoms with van der Waals surface area (Å²) in [6.45, 7) is 10.4. The van der Waals surface area contributed by atoms with Gasteiger partial charge in [0.1, 0.15) is 11.5 Å². The lowest BCUT2D eigenvalue weighted by molar-refractivity contribution is -0.0500. The normalized spacial score (nSPS) is 32.5. The number of benzene rings is 3. The topological polar surface area (TPSA) is 60.7 Å². The minimum Gasteiger partial charge on any atom is -0.508 e. The van der Waals surface area contributed by atoms with Crippen molar-refractivity contribution in [2.24, 2.45) is 46.3 Å². The predicted octanol–water partition coefficient (Wildman–Crippen LogP) is 10.8. The number of aliphatic hydroxyl groups is 1. The molecule has 0 aromatic heterocycles. The number of phenols is 2. The van der Waals surface area contributed by atoms with Crippen LogP contribution < -0.4 is 0 Å².